The highest BCUT2D eigenvalue weighted by molar-refractivity contribution is 9.10. The molecule has 4 nitrogen and oxygen atoms in total. The van der Waals surface area contributed by atoms with Gasteiger partial charge >= 0.3 is 11.9 Å². The zero-order chi connectivity index (χ0) is 8.85. The summed E-state index contributed by atoms with van der Waals surface area (Å²) in [5.41, 5.74) is 0. The predicted octanol–water partition coefficient (Wildman–Crippen LogP) is 0.911. The molecule has 0 rings (SSSR count). The van der Waals surface area contributed by atoms with Gasteiger partial charge in [-0.1, -0.05) is 22.5 Å². The number of alkyl halides is 1. The molecule has 0 spiro atoms. The summed E-state index contributed by atoms with van der Waals surface area (Å²) in [5, 5.41) is 8.32. The lowest BCUT2D eigenvalue weighted by Crippen LogP contribution is -2.17. The van der Waals surface area contributed by atoms with Crippen LogP contribution < -0.4 is 0 Å². The van der Waals surface area contributed by atoms with Gasteiger partial charge in [0.2, 0.25) is 0 Å². The summed E-state index contributed by atoms with van der Waals surface area (Å²) >= 11 is 2.78. The van der Waals surface area contributed by atoms with Gasteiger partial charge in [-0.15, -0.1) is 0 Å². The van der Waals surface area contributed by atoms with E-state index >= 15 is 0 Å². The van der Waals surface area contributed by atoms with Gasteiger partial charge in [-0.2, -0.15) is 0 Å². The van der Waals surface area contributed by atoms with Crippen LogP contribution in [-0.4, -0.2) is 21.9 Å². The van der Waals surface area contributed by atoms with Crippen molar-refractivity contribution in [3.05, 3.63) is 12.8 Å². The van der Waals surface area contributed by atoms with Crippen molar-refractivity contribution >= 4 is 27.9 Å². The number of ether oxygens (including phenoxy) is 1. The summed E-state index contributed by atoms with van der Waals surface area (Å²) in [6.07, 6.45) is 0.755. The molecule has 0 aromatic carbocycles. The largest absolute Gasteiger partial charge is 0.480 e. The molecule has 0 saturated heterocycles. The number of esters is 1. The van der Waals surface area contributed by atoms with Gasteiger partial charge < -0.3 is 9.84 Å². The maximum absolute atomic E-state index is 10.6. The molecule has 0 amide bonds. The summed E-state index contributed by atoms with van der Waals surface area (Å²) in [5.74, 6) is -1.71. The van der Waals surface area contributed by atoms with Gasteiger partial charge in [0.15, 0.2) is 0 Å². The Labute approximate surface area is 72.0 Å². The lowest BCUT2D eigenvalue weighted by molar-refractivity contribution is -0.143. The fraction of sp³-hybridized carbons (Fsp3) is 0.333. The first-order valence-electron chi connectivity index (χ1n) is 2.75. The molecule has 0 aromatic heterocycles. The monoisotopic (exact) mass is 222 g/mol. The van der Waals surface area contributed by atoms with Crippen molar-refractivity contribution in [1.29, 1.82) is 0 Å². The average Bonchev–Trinajstić information content (AvgIpc) is 1.87. The molecule has 1 atom stereocenters. The number of carbonyl (C=O) groups excluding carboxylic acids is 1. The van der Waals surface area contributed by atoms with Crippen molar-refractivity contribution in [3.63, 3.8) is 0 Å². The van der Waals surface area contributed by atoms with Crippen LogP contribution in [-0.2, 0) is 14.3 Å². The zero-order valence-electron chi connectivity index (χ0n) is 5.62. The predicted molar refractivity (Wildman–Crippen MR) is 41.3 cm³/mol. The molecule has 11 heavy (non-hydrogen) atoms. The van der Waals surface area contributed by atoms with Crippen molar-refractivity contribution in [2.45, 2.75) is 11.2 Å². The SMILES string of the molecule is C=COC(=O)CC(Br)C(=O)O. The van der Waals surface area contributed by atoms with Crippen LogP contribution in [0.4, 0.5) is 0 Å². The molecule has 0 radical (unpaired) electrons. The van der Waals surface area contributed by atoms with Crippen LogP contribution in [0.2, 0.25) is 0 Å². The zero-order valence-corrected chi connectivity index (χ0v) is 7.20. The lowest BCUT2D eigenvalue weighted by atomic mass is 10.3. The first-order chi connectivity index (χ1) is 5.07. The number of hydrogen-bond donors (Lipinski definition) is 1. The number of halogens is 1. The molecule has 5 heteroatoms. The second-order valence-corrected chi connectivity index (χ2v) is 2.77. The highest BCUT2D eigenvalue weighted by Crippen LogP contribution is 2.05. The Balaban J connectivity index is 3.74. The molecule has 0 aromatic rings. The van der Waals surface area contributed by atoms with Crippen LogP contribution in [0.1, 0.15) is 6.42 Å². The molecule has 0 saturated carbocycles. The molecule has 0 aliphatic rings. The maximum atomic E-state index is 10.6. The topological polar surface area (TPSA) is 63.6 Å². The lowest BCUT2D eigenvalue weighted by Gasteiger charge is -2.00. The molecule has 0 heterocycles. The minimum Gasteiger partial charge on any atom is -0.480 e. The van der Waals surface area contributed by atoms with Gasteiger partial charge in [0.1, 0.15) is 4.83 Å². The number of hydrogen-bond acceptors (Lipinski definition) is 3. The number of rotatable bonds is 4. The Bertz CT molecular complexity index is 177. The number of carbonyl (C=O) groups is 2. The highest BCUT2D eigenvalue weighted by Gasteiger charge is 2.17. The van der Waals surface area contributed by atoms with E-state index in [4.69, 9.17) is 5.11 Å². The molecular formula is C6H7BrO4. The fourth-order valence-corrected chi connectivity index (χ4v) is 0.639. The minimum atomic E-state index is -1.09. The molecule has 62 valence electrons. The number of aliphatic carboxylic acids is 1. The van der Waals surface area contributed by atoms with Crippen LogP contribution in [0.5, 0.6) is 0 Å². The third-order valence-electron chi connectivity index (χ3n) is 0.829. The normalized spacial score (nSPS) is 11.7. The third-order valence-corrected chi connectivity index (χ3v) is 1.54. The van der Waals surface area contributed by atoms with Crippen LogP contribution in [0, 0.1) is 0 Å². The van der Waals surface area contributed by atoms with Gasteiger partial charge in [0, 0.05) is 0 Å². The van der Waals surface area contributed by atoms with Gasteiger partial charge in [-0.25, -0.2) is 0 Å². The molecule has 0 bridgehead atoms. The minimum absolute atomic E-state index is 0.207. The van der Waals surface area contributed by atoms with E-state index in [9.17, 15) is 9.59 Å². The molecule has 0 aliphatic carbocycles. The van der Waals surface area contributed by atoms with E-state index < -0.39 is 16.8 Å². The summed E-state index contributed by atoms with van der Waals surface area (Å²) in [6, 6.07) is 0. The molecule has 0 aliphatic heterocycles. The van der Waals surface area contributed by atoms with E-state index in [0.717, 1.165) is 6.26 Å². The van der Waals surface area contributed by atoms with Crippen molar-refractivity contribution in [3.8, 4) is 0 Å². The van der Waals surface area contributed by atoms with Crippen LogP contribution in [0.15, 0.2) is 12.8 Å². The quantitative estimate of drug-likeness (QED) is 0.437. The Hall–Kier alpha value is -0.840. The first kappa shape index (κ1) is 10.2. The summed E-state index contributed by atoms with van der Waals surface area (Å²) < 4.78 is 4.29. The second-order valence-electron chi connectivity index (χ2n) is 1.67. The summed E-state index contributed by atoms with van der Waals surface area (Å²) in [7, 11) is 0. The van der Waals surface area contributed by atoms with Crippen molar-refractivity contribution in [2.75, 3.05) is 0 Å². The van der Waals surface area contributed by atoms with Crippen molar-refractivity contribution in [2.24, 2.45) is 0 Å². The Morgan fingerprint density at radius 2 is 2.27 bits per heavy atom. The van der Waals surface area contributed by atoms with E-state index in [1.807, 2.05) is 0 Å². The number of carboxylic acids is 1. The average molecular weight is 223 g/mol. The second kappa shape index (κ2) is 4.90. The first-order valence-corrected chi connectivity index (χ1v) is 3.66. The van der Waals surface area contributed by atoms with Crippen molar-refractivity contribution < 1.29 is 19.4 Å². The fourth-order valence-electron chi connectivity index (χ4n) is 0.375. The maximum Gasteiger partial charge on any atom is 0.317 e. The summed E-state index contributed by atoms with van der Waals surface area (Å²) in [4.78, 5) is 19.8. The molecule has 1 unspecified atom stereocenters. The van der Waals surface area contributed by atoms with E-state index in [-0.39, 0.29) is 6.42 Å². The molecule has 0 fully saturated rings. The van der Waals surface area contributed by atoms with Crippen LogP contribution >= 0.6 is 15.9 Å². The standard InChI is InChI=1S/C6H7BrO4/c1-2-11-5(8)3-4(7)6(9)10/h2,4H,1,3H2,(H,9,10). The third kappa shape index (κ3) is 4.55. The smallest absolute Gasteiger partial charge is 0.317 e. The van der Waals surface area contributed by atoms with E-state index in [1.165, 1.54) is 0 Å². The Morgan fingerprint density at radius 1 is 1.73 bits per heavy atom. The Kier molecular flexibility index (Phi) is 4.52. The van der Waals surface area contributed by atoms with E-state index in [1.54, 1.807) is 0 Å². The van der Waals surface area contributed by atoms with Crippen LogP contribution in [0.3, 0.4) is 0 Å². The van der Waals surface area contributed by atoms with Gasteiger partial charge in [0.05, 0.1) is 12.7 Å². The Morgan fingerprint density at radius 3 is 2.64 bits per heavy atom. The van der Waals surface area contributed by atoms with Crippen LogP contribution in [0.25, 0.3) is 0 Å². The molecular weight excluding hydrogens is 216 g/mol. The van der Waals surface area contributed by atoms with Crippen molar-refractivity contribution in [1.82, 2.24) is 0 Å². The van der Waals surface area contributed by atoms with E-state index in [0.29, 0.717) is 0 Å². The van der Waals surface area contributed by atoms with E-state index in [2.05, 4.69) is 27.2 Å². The van der Waals surface area contributed by atoms with Gasteiger partial charge in [0.25, 0.3) is 0 Å². The van der Waals surface area contributed by atoms with Gasteiger partial charge in [-0.05, 0) is 0 Å². The highest BCUT2D eigenvalue weighted by atomic mass is 79.9. The van der Waals surface area contributed by atoms with Gasteiger partial charge in [-0.3, -0.25) is 9.59 Å². The summed E-state index contributed by atoms with van der Waals surface area (Å²) in [6.45, 7) is 3.15. The molecule has 1 N–H and O–H groups in total. The number of carboxylic acid groups (broad SMARTS) is 1.